The monoisotopic (exact) mass is 200 g/mol. The lowest BCUT2D eigenvalue weighted by atomic mass is 10.2. The molecule has 0 bridgehead atoms. The molecule has 0 aliphatic carbocycles. The fourth-order valence-electron chi connectivity index (χ4n) is 1.62. The number of hydrogen-bond acceptors (Lipinski definition) is 2. The molecule has 0 heterocycles. The van der Waals surface area contributed by atoms with Crippen molar-refractivity contribution in [1.29, 1.82) is 0 Å². The van der Waals surface area contributed by atoms with Gasteiger partial charge in [-0.3, -0.25) is 4.90 Å². The zero-order valence-electron chi connectivity index (χ0n) is 10.6. The first-order valence-electron chi connectivity index (χ1n) is 6.13. The summed E-state index contributed by atoms with van der Waals surface area (Å²) in [7, 11) is 0. The summed E-state index contributed by atoms with van der Waals surface area (Å²) in [6.45, 7) is 14.8. The fourth-order valence-corrected chi connectivity index (χ4v) is 1.62. The summed E-state index contributed by atoms with van der Waals surface area (Å²) in [5.74, 6) is 0. The lowest BCUT2D eigenvalue weighted by molar-refractivity contribution is 0.211. The number of nitrogens with zero attached hydrogens (tertiary/aromatic N) is 1. The molecule has 1 N–H and O–H groups in total. The van der Waals surface area contributed by atoms with Crippen LogP contribution in [0.25, 0.3) is 0 Å². The minimum Gasteiger partial charge on any atom is -0.313 e. The van der Waals surface area contributed by atoms with E-state index in [4.69, 9.17) is 0 Å². The zero-order chi connectivity index (χ0) is 11.0. The van der Waals surface area contributed by atoms with E-state index in [-0.39, 0.29) is 0 Å². The van der Waals surface area contributed by atoms with Crippen molar-refractivity contribution in [3.05, 3.63) is 0 Å². The van der Waals surface area contributed by atoms with Crippen LogP contribution >= 0.6 is 0 Å². The number of rotatable bonds is 8. The largest absolute Gasteiger partial charge is 0.313 e. The number of nitrogens with one attached hydrogen (secondary N) is 1. The maximum Gasteiger partial charge on any atom is 0.0192 e. The van der Waals surface area contributed by atoms with Crippen LogP contribution < -0.4 is 5.32 Å². The van der Waals surface area contributed by atoms with E-state index >= 15 is 0 Å². The molecule has 0 spiro atoms. The van der Waals surface area contributed by atoms with Crippen LogP contribution in [0.5, 0.6) is 0 Å². The molecule has 0 radical (unpaired) electrons. The van der Waals surface area contributed by atoms with Gasteiger partial charge in [0.25, 0.3) is 0 Å². The van der Waals surface area contributed by atoms with Gasteiger partial charge in [-0.2, -0.15) is 0 Å². The Balaban J connectivity index is 3.73. The van der Waals surface area contributed by atoms with E-state index in [1.54, 1.807) is 0 Å². The summed E-state index contributed by atoms with van der Waals surface area (Å²) in [5.41, 5.74) is 0. The van der Waals surface area contributed by atoms with Gasteiger partial charge < -0.3 is 5.32 Å². The van der Waals surface area contributed by atoms with Gasteiger partial charge in [-0.05, 0) is 39.8 Å². The summed E-state index contributed by atoms with van der Waals surface area (Å²) in [6, 6.07) is 1.31. The normalized spacial score (nSPS) is 15.9. The molecule has 0 saturated carbocycles. The first kappa shape index (κ1) is 13.9. The summed E-state index contributed by atoms with van der Waals surface area (Å²) in [5, 5.41) is 3.56. The van der Waals surface area contributed by atoms with Gasteiger partial charge >= 0.3 is 0 Å². The molecule has 2 heteroatoms. The highest BCUT2D eigenvalue weighted by Gasteiger charge is 2.10. The van der Waals surface area contributed by atoms with Crippen LogP contribution in [-0.4, -0.2) is 36.6 Å². The molecule has 86 valence electrons. The maximum atomic E-state index is 3.56. The SMILES string of the molecule is CCCN(CC)C(C)CNC(C)CC. The fraction of sp³-hybridized carbons (Fsp3) is 1.00. The van der Waals surface area contributed by atoms with E-state index in [0.29, 0.717) is 12.1 Å². The second-order valence-electron chi connectivity index (χ2n) is 4.20. The molecular weight excluding hydrogens is 172 g/mol. The third-order valence-corrected chi connectivity index (χ3v) is 2.91. The van der Waals surface area contributed by atoms with Gasteiger partial charge in [-0.25, -0.2) is 0 Å². The van der Waals surface area contributed by atoms with Gasteiger partial charge in [-0.1, -0.05) is 20.8 Å². The molecule has 2 unspecified atom stereocenters. The Bertz CT molecular complexity index is 125. The standard InChI is InChI=1S/C12H28N2/c1-6-9-14(8-3)12(5)10-13-11(4)7-2/h11-13H,6-10H2,1-5H3. The first-order valence-corrected chi connectivity index (χ1v) is 6.13. The molecule has 2 nitrogen and oxygen atoms in total. The van der Waals surface area contributed by atoms with Crippen molar-refractivity contribution < 1.29 is 0 Å². The van der Waals surface area contributed by atoms with E-state index in [2.05, 4.69) is 44.8 Å². The predicted octanol–water partition coefficient (Wildman–Crippen LogP) is 2.49. The molecule has 0 aromatic carbocycles. The van der Waals surface area contributed by atoms with Crippen LogP contribution in [0.15, 0.2) is 0 Å². The quantitative estimate of drug-likeness (QED) is 0.647. The number of hydrogen-bond donors (Lipinski definition) is 1. The lowest BCUT2D eigenvalue weighted by Crippen LogP contribution is -2.42. The van der Waals surface area contributed by atoms with Crippen molar-refractivity contribution >= 4 is 0 Å². The lowest BCUT2D eigenvalue weighted by Gasteiger charge is -2.28. The van der Waals surface area contributed by atoms with E-state index in [9.17, 15) is 0 Å². The molecular formula is C12H28N2. The summed E-state index contributed by atoms with van der Waals surface area (Å²) in [4.78, 5) is 2.54. The van der Waals surface area contributed by atoms with Gasteiger partial charge in [0.2, 0.25) is 0 Å². The molecule has 0 fully saturated rings. The Labute approximate surface area is 90.1 Å². The van der Waals surface area contributed by atoms with E-state index in [0.717, 1.165) is 13.1 Å². The minimum absolute atomic E-state index is 0.651. The minimum atomic E-state index is 0.651. The Morgan fingerprint density at radius 2 is 1.79 bits per heavy atom. The van der Waals surface area contributed by atoms with Crippen LogP contribution in [0.2, 0.25) is 0 Å². The van der Waals surface area contributed by atoms with Crippen molar-refractivity contribution in [3.8, 4) is 0 Å². The molecule has 0 aliphatic rings. The van der Waals surface area contributed by atoms with Crippen molar-refractivity contribution in [2.75, 3.05) is 19.6 Å². The van der Waals surface area contributed by atoms with Crippen LogP contribution in [0.4, 0.5) is 0 Å². The van der Waals surface area contributed by atoms with Crippen molar-refractivity contribution in [3.63, 3.8) is 0 Å². The van der Waals surface area contributed by atoms with Gasteiger partial charge in [0.15, 0.2) is 0 Å². The van der Waals surface area contributed by atoms with Gasteiger partial charge in [0.05, 0.1) is 0 Å². The predicted molar refractivity (Wildman–Crippen MR) is 64.8 cm³/mol. The zero-order valence-corrected chi connectivity index (χ0v) is 10.6. The Morgan fingerprint density at radius 3 is 2.21 bits per heavy atom. The molecule has 0 aliphatic heterocycles. The summed E-state index contributed by atoms with van der Waals surface area (Å²) in [6.07, 6.45) is 2.47. The second-order valence-corrected chi connectivity index (χ2v) is 4.20. The Morgan fingerprint density at radius 1 is 1.14 bits per heavy atom. The average molecular weight is 200 g/mol. The highest BCUT2D eigenvalue weighted by Crippen LogP contribution is 2.00. The Hall–Kier alpha value is -0.0800. The van der Waals surface area contributed by atoms with E-state index < -0.39 is 0 Å². The molecule has 0 amide bonds. The third-order valence-electron chi connectivity index (χ3n) is 2.91. The van der Waals surface area contributed by atoms with Crippen LogP contribution in [0, 0.1) is 0 Å². The van der Waals surface area contributed by atoms with Crippen LogP contribution in [0.1, 0.15) is 47.5 Å². The third kappa shape index (κ3) is 5.61. The Kier molecular flexibility index (Phi) is 8.20. The van der Waals surface area contributed by atoms with Crippen molar-refractivity contribution in [2.45, 2.75) is 59.5 Å². The highest BCUT2D eigenvalue weighted by atomic mass is 15.2. The molecule has 0 aromatic rings. The highest BCUT2D eigenvalue weighted by molar-refractivity contribution is 4.70. The van der Waals surface area contributed by atoms with E-state index in [1.807, 2.05) is 0 Å². The topological polar surface area (TPSA) is 15.3 Å². The average Bonchev–Trinajstić information content (AvgIpc) is 2.21. The first-order chi connectivity index (χ1) is 6.65. The molecule has 0 rings (SSSR count). The maximum absolute atomic E-state index is 3.56. The molecule has 2 atom stereocenters. The summed E-state index contributed by atoms with van der Waals surface area (Å²) >= 11 is 0. The molecule has 14 heavy (non-hydrogen) atoms. The van der Waals surface area contributed by atoms with E-state index in [1.165, 1.54) is 19.4 Å². The smallest absolute Gasteiger partial charge is 0.0192 e. The van der Waals surface area contributed by atoms with Crippen molar-refractivity contribution in [2.24, 2.45) is 0 Å². The van der Waals surface area contributed by atoms with Gasteiger partial charge in [0, 0.05) is 18.6 Å². The summed E-state index contributed by atoms with van der Waals surface area (Å²) < 4.78 is 0. The van der Waals surface area contributed by atoms with Crippen molar-refractivity contribution in [1.82, 2.24) is 10.2 Å². The van der Waals surface area contributed by atoms with Gasteiger partial charge in [0.1, 0.15) is 0 Å². The van der Waals surface area contributed by atoms with Crippen LogP contribution in [-0.2, 0) is 0 Å². The second kappa shape index (κ2) is 8.25. The number of likely N-dealkylation sites (N-methyl/N-ethyl adjacent to an activating group) is 1. The van der Waals surface area contributed by atoms with Gasteiger partial charge in [-0.15, -0.1) is 0 Å². The van der Waals surface area contributed by atoms with Crippen LogP contribution in [0.3, 0.4) is 0 Å². The molecule has 0 saturated heterocycles. The molecule has 0 aromatic heterocycles.